The summed E-state index contributed by atoms with van der Waals surface area (Å²) in [6.45, 7) is 0.893. The van der Waals surface area contributed by atoms with Gasteiger partial charge in [-0.1, -0.05) is 23.7 Å². The van der Waals surface area contributed by atoms with Gasteiger partial charge in [0.05, 0.1) is 4.90 Å². The highest BCUT2D eigenvalue weighted by molar-refractivity contribution is 7.89. The number of aromatic hydroxyl groups is 1. The van der Waals surface area contributed by atoms with E-state index in [9.17, 15) is 18.3 Å². The lowest BCUT2D eigenvalue weighted by Crippen LogP contribution is -2.50. The van der Waals surface area contributed by atoms with Crippen LogP contribution in [-0.2, 0) is 10.0 Å². The molecular weight excluding hydrogens is 486 g/mol. The molecule has 4 aromatic rings. The first-order valence-corrected chi connectivity index (χ1v) is 12.9. The number of fused-ring (bicyclic) bond motifs is 1. The number of phenols is 1. The van der Waals surface area contributed by atoms with E-state index >= 15 is 0 Å². The molecule has 178 valence electrons. The highest BCUT2D eigenvalue weighted by Crippen LogP contribution is 2.30. The molecule has 0 atom stereocenters. The normalized spacial score (nSPS) is 14.8. The van der Waals surface area contributed by atoms with Gasteiger partial charge in [-0.15, -0.1) is 0 Å². The van der Waals surface area contributed by atoms with Gasteiger partial charge in [0.1, 0.15) is 5.75 Å². The maximum Gasteiger partial charge on any atom is 0.254 e. The Bertz CT molecular complexity index is 1520. The molecule has 1 saturated heterocycles. The van der Waals surface area contributed by atoms with E-state index in [1.807, 2.05) is 0 Å². The predicted octanol–water partition coefficient (Wildman–Crippen LogP) is 4.41. The van der Waals surface area contributed by atoms with E-state index in [4.69, 9.17) is 11.6 Å². The zero-order chi connectivity index (χ0) is 24.6. The Hall–Kier alpha value is -3.46. The average Bonchev–Trinajstić information content (AvgIpc) is 2.88. The number of carbonyl (C=O) groups excluding carboxylic acids is 1. The van der Waals surface area contributed by atoms with E-state index in [0.717, 1.165) is 16.3 Å². The first kappa shape index (κ1) is 23.3. The Kier molecular flexibility index (Phi) is 6.19. The van der Waals surface area contributed by atoms with Gasteiger partial charge < -0.3 is 10.0 Å². The van der Waals surface area contributed by atoms with Crippen LogP contribution in [0.1, 0.15) is 10.4 Å². The summed E-state index contributed by atoms with van der Waals surface area (Å²) in [7, 11) is -3.70. The van der Waals surface area contributed by atoms with Gasteiger partial charge in [-0.3, -0.25) is 9.78 Å². The molecular formula is C26H22ClN3O4S. The standard InChI is InChI=1S/C26H22ClN3O4S/c27-22-4-1-20-16-23(5-2-19(20)15-22)35(33,34)30-13-11-29(12-14-30)26(32)21-3-6-24(25(31)17-21)18-7-9-28-10-8-18/h1-10,15-17,31H,11-14H2. The van der Waals surface area contributed by atoms with E-state index in [0.29, 0.717) is 16.1 Å². The van der Waals surface area contributed by atoms with Crippen LogP contribution in [0, 0.1) is 0 Å². The molecule has 0 radical (unpaired) electrons. The molecule has 0 aliphatic carbocycles. The smallest absolute Gasteiger partial charge is 0.254 e. The van der Waals surface area contributed by atoms with Crippen LogP contribution in [0.2, 0.25) is 5.02 Å². The Balaban J connectivity index is 1.29. The molecule has 7 nitrogen and oxygen atoms in total. The van der Waals surface area contributed by atoms with Crippen molar-refractivity contribution in [2.24, 2.45) is 0 Å². The molecule has 9 heteroatoms. The van der Waals surface area contributed by atoms with E-state index in [-0.39, 0.29) is 42.7 Å². The SMILES string of the molecule is O=C(c1ccc(-c2ccncc2)c(O)c1)N1CCN(S(=O)(=O)c2ccc3cc(Cl)ccc3c2)CC1. The van der Waals surface area contributed by atoms with Crippen LogP contribution in [0.15, 0.2) is 84.0 Å². The number of hydrogen-bond acceptors (Lipinski definition) is 5. The zero-order valence-corrected chi connectivity index (χ0v) is 20.2. The zero-order valence-electron chi connectivity index (χ0n) is 18.6. The van der Waals surface area contributed by atoms with E-state index in [1.165, 1.54) is 10.4 Å². The molecule has 1 amide bonds. The first-order valence-electron chi connectivity index (χ1n) is 11.0. The fourth-order valence-electron chi connectivity index (χ4n) is 4.26. The fraction of sp³-hybridized carbons (Fsp3) is 0.154. The average molecular weight is 508 g/mol. The van der Waals surface area contributed by atoms with Crippen LogP contribution in [0.25, 0.3) is 21.9 Å². The summed E-state index contributed by atoms with van der Waals surface area (Å²) >= 11 is 6.02. The van der Waals surface area contributed by atoms with Gasteiger partial charge >= 0.3 is 0 Å². The minimum atomic E-state index is -3.70. The maximum absolute atomic E-state index is 13.2. The number of amides is 1. The van der Waals surface area contributed by atoms with Crippen molar-refractivity contribution < 1.29 is 18.3 Å². The monoisotopic (exact) mass is 507 g/mol. The Labute approximate surface area is 208 Å². The fourth-order valence-corrected chi connectivity index (χ4v) is 5.90. The van der Waals surface area contributed by atoms with Crippen LogP contribution < -0.4 is 0 Å². The van der Waals surface area contributed by atoms with Crippen molar-refractivity contribution in [2.75, 3.05) is 26.2 Å². The van der Waals surface area contributed by atoms with Gasteiger partial charge in [-0.05, 0) is 70.9 Å². The number of carbonyl (C=O) groups is 1. The minimum Gasteiger partial charge on any atom is -0.507 e. The number of piperazine rings is 1. The Morgan fingerprint density at radius 1 is 0.857 bits per heavy atom. The lowest BCUT2D eigenvalue weighted by atomic mass is 10.0. The van der Waals surface area contributed by atoms with Gasteiger partial charge in [-0.25, -0.2) is 8.42 Å². The molecule has 35 heavy (non-hydrogen) atoms. The number of hydrogen-bond donors (Lipinski definition) is 1. The van der Waals surface area contributed by atoms with Crippen LogP contribution in [0.5, 0.6) is 5.75 Å². The molecule has 1 aliphatic heterocycles. The summed E-state index contributed by atoms with van der Waals surface area (Å²) in [5.74, 6) is -0.248. The lowest BCUT2D eigenvalue weighted by Gasteiger charge is -2.34. The Morgan fingerprint density at radius 2 is 1.54 bits per heavy atom. The van der Waals surface area contributed by atoms with Crippen molar-refractivity contribution in [3.8, 4) is 16.9 Å². The van der Waals surface area contributed by atoms with Gasteiger partial charge in [0.15, 0.2) is 0 Å². The predicted molar refractivity (Wildman–Crippen MR) is 135 cm³/mol. The number of rotatable bonds is 4. The third kappa shape index (κ3) is 4.60. The number of nitrogens with zero attached hydrogens (tertiary/aromatic N) is 3. The number of phenolic OH excluding ortho intramolecular Hbond substituents is 1. The van der Waals surface area contributed by atoms with Crippen molar-refractivity contribution in [1.29, 1.82) is 0 Å². The number of aromatic nitrogens is 1. The number of halogens is 1. The van der Waals surface area contributed by atoms with Gasteiger partial charge in [-0.2, -0.15) is 4.31 Å². The molecule has 3 aromatic carbocycles. The summed E-state index contributed by atoms with van der Waals surface area (Å²) in [6, 6.07) is 18.7. The quantitative estimate of drug-likeness (QED) is 0.442. The lowest BCUT2D eigenvalue weighted by molar-refractivity contribution is 0.0697. The van der Waals surface area contributed by atoms with Crippen LogP contribution in [-0.4, -0.2) is 59.8 Å². The number of sulfonamides is 1. The molecule has 1 aromatic heterocycles. The molecule has 0 spiro atoms. The Morgan fingerprint density at radius 3 is 2.26 bits per heavy atom. The molecule has 1 aliphatic rings. The van der Waals surface area contributed by atoms with Gasteiger partial charge in [0.2, 0.25) is 10.0 Å². The molecule has 0 saturated carbocycles. The largest absolute Gasteiger partial charge is 0.507 e. The molecule has 0 bridgehead atoms. The third-order valence-electron chi connectivity index (χ3n) is 6.17. The molecule has 2 heterocycles. The summed E-state index contributed by atoms with van der Waals surface area (Å²) < 4.78 is 27.8. The summed E-state index contributed by atoms with van der Waals surface area (Å²) in [5, 5.41) is 12.7. The van der Waals surface area contributed by atoms with Gasteiger partial charge in [0, 0.05) is 54.7 Å². The van der Waals surface area contributed by atoms with Crippen molar-refractivity contribution in [3.05, 3.63) is 89.7 Å². The summed E-state index contributed by atoms with van der Waals surface area (Å²) in [5.41, 5.74) is 1.76. The molecule has 1 N–H and O–H groups in total. The van der Waals surface area contributed by atoms with E-state index in [1.54, 1.807) is 78.0 Å². The number of pyridine rings is 1. The maximum atomic E-state index is 13.2. The van der Waals surface area contributed by atoms with Crippen molar-refractivity contribution in [3.63, 3.8) is 0 Å². The second-order valence-corrected chi connectivity index (χ2v) is 10.7. The molecule has 5 rings (SSSR count). The second kappa shape index (κ2) is 9.30. The molecule has 0 unspecified atom stereocenters. The summed E-state index contributed by atoms with van der Waals surface area (Å²) in [4.78, 5) is 18.8. The van der Waals surface area contributed by atoms with E-state index < -0.39 is 10.0 Å². The molecule has 1 fully saturated rings. The van der Waals surface area contributed by atoms with Crippen molar-refractivity contribution in [2.45, 2.75) is 4.90 Å². The van der Waals surface area contributed by atoms with Crippen LogP contribution in [0.4, 0.5) is 0 Å². The minimum absolute atomic E-state index is 0.000792. The van der Waals surface area contributed by atoms with E-state index in [2.05, 4.69) is 4.98 Å². The van der Waals surface area contributed by atoms with Crippen molar-refractivity contribution in [1.82, 2.24) is 14.2 Å². The number of benzene rings is 3. The highest BCUT2D eigenvalue weighted by atomic mass is 35.5. The summed E-state index contributed by atoms with van der Waals surface area (Å²) in [6.07, 6.45) is 3.27. The van der Waals surface area contributed by atoms with Crippen LogP contribution in [0.3, 0.4) is 0 Å². The topological polar surface area (TPSA) is 90.8 Å². The van der Waals surface area contributed by atoms with Crippen molar-refractivity contribution >= 4 is 38.3 Å². The highest BCUT2D eigenvalue weighted by Gasteiger charge is 2.30. The van der Waals surface area contributed by atoms with Crippen LogP contribution >= 0.6 is 11.6 Å². The van der Waals surface area contributed by atoms with Gasteiger partial charge in [0.25, 0.3) is 5.91 Å². The third-order valence-corrected chi connectivity index (χ3v) is 8.30. The second-order valence-electron chi connectivity index (χ2n) is 8.32. The first-order chi connectivity index (χ1) is 16.8.